The van der Waals surface area contributed by atoms with Gasteiger partial charge in [-0.25, -0.2) is 4.68 Å². The van der Waals surface area contributed by atoms with Gasteiger partial charge in [0, 0.05) is 30.6 Å². The maximum Gasteiger partial charge on any atom is 0.280 e. The third kappa shape index (κ3) is 4.17. The van der Waals surface area contributed by atoms with Crippen LogP contribution in [0.5, 0.6) is 5.75 Å². The minimum atomic E-state index is -0.479. The second kappa shape index (κ2) is 8.34. The van der Waals surface area contributed by atoms with Crippen molar-refractivity contribution in [2.75, 3.05) is 13.7 Å². The molecular formula is C20H20N4O4. The molecule has 0 saturated carbocycles. The average molecular weight is 380 g/mol. The number of aliphatic imine (C=N–C) groups is 1. The van der Waals surface area contributed by atoms with Crippen molar-refractivity contribution in [3.05, 3.63) is 85.8 Å². The number of benzene rings is 2. The maximum atomic E-state index is 12.6. The molecular weight excluding hydrogens is 360 g/mol. The predicted molar refractivity (Wildman–Crippen MR) is 107 cm³/mol. The van der Waals surface area contributed by atoms with Crippen LogP contribution in [-0.2, 0) is 6.42 Å². The summed E-state index contributed by atoms with van der Waals surface area (Å²) in [6.07, 6.45) is 2.32. The van der Waals surface area contributed by atoms with Crippen LogP contribution in [-0.4, -0.2) is 34.6 Å². The first-order valence-corrected chi connectivity index (χ1v) is 8.69. The molecule has 1 N–H and O–H groups in total. The minimum Gasteiger partial charge on any atom is -0.497 e. The number of ether oxygens (including phenoxy) is 1. The quantitative estimate of drug-likeness (QED) is 0.386. The van der Waals surface area contributed by atoms with Crippen LogP contribution >= 0.6 is 0 Å². The van der Waals surface area contributed by atoms with E-state index in [4.69, 9.17) is 4.74 Å². The molecule has 8 heteroatoms. The molecule has 0 aliphatic rings. The number of aromatic nitrogens is 2. The third-order valence-corrected chi connectivity index (χ3v) is 4.34. The van der Waals surface area contributed by atoms with E-state index >= 15 is 0 Å². The lowest BCUT2D eigenvalue weighted by Gasteiger charge is -2.01. The normalized spacial score (nSPS) is 11.1. The molecule has 3 aromatic rings. The van der Waals surface area contributed by atoms with E-state index in [1.54, 1.807) is 20.2 Å². The summed E-state index contributed by atoms with van der Waals surface area (Å²) in [4.78, 5) is 27.3. The van der Waals surface area contributed by atoms with Crippen molar-refractivity contribution < 1.29 is 9.66 Å². The first-order valence-electron chi connectivity index (χ1n) is 8.69. The van der Waals surface area contributed by atoms with Gasteiger partial charge in [0.2, 0.25) is 0 Å². The van der Waals surface area contributed by atoms with E-state index in [-0.39, 0.29) is 11.2 Å². The summed E-state index contributed by atoms with van der Waals surface area (Å²) in [7, 11) is 1.63. The maximum absolute atomic E-state index is 12.6. The SMILES string of the molecule is COc1ccc(CCN=Cc2c(C)[nH]n(-c3ccc([N+](=O)[O-])cc3)c2=O)cc1. The van der Waals surface area contributed by atoms with Gasteiger partial charge in [-0.3, -0.25) is 25.0 Å². The Morgan fingerprint density at radius 3 is 2.46 bits per heavy atom. The van der Waals surface area contributed by atoms with E-state index in [9.17, 15) is 14.9 Å². The van der Waals surface area contributed by atoms with Gasteiger partial charge in [0.05, 0.1) is 23.3 Å². The Hall–Kier alpha value is -3.68. The second-order valence-corrected chi connectivity index (χ2v) is 6.20. The summed E-state index contributed by atoms with van der Waals surface area (Å²) in [5, 5.41) is 13.7. The highest BCUT2D eigenvalue weighted by Crippen LogP contribution is 2.14. The fourth-order valence-corrected chi connectivity index (χ4v) is 2.76. The molecule has 3 rings (SSSR count). The molecule has 0 unspecified atom stereocenters. The number of nitro groups is 1. The van der Waals surface area contributed by atoms with Crippen LogP contribution in [0.3, 0.4) is 0 Å². The Kier molecular flexibility index (Phi) is 5.69. The number of methoxy groups -OCH3 is 1. The van der Waals surface area contributed by atoms with E-state index in [0.29, 0.717) is 23.5 Å². The Balaban J connectivity index is 1.71. The topological polar surface area (TPSA) is 103 Å². The van der Waals surface area contributed by atoms with Gasteiger partial charge in [0.15, 0.2) is 0 Å². The number of non-ortho nitro benzene ring substituents is 1. The van der Waals surface area contributed by atoms with Crippen LogP contribution in [0.4, 0.5) is 5.69 Å². The third-order valence-electron chi connectivity index (χ3n) is 4.34. The minimum absolute atomic E-state index is 0.0274. The van der Waals surface area contributed by atoms with Crippen molar-refractivity contribution in [3.63, 3.8) is 0 Å². The number of hydrogen-bond donors (Lipinski definition) is 1. The summed E-state index contributed by atoms with van der Waals surface area (Å²) in [6.45, 7) is 2.34. The molecule has 0 radical (unpaired) electrons. The van der Waals surface area contributed by atoms with E-state index in [1.165, 1.54) is 28.9 Å². The number of aromatic amines is 1. The van der Waals surface area contributed by atoms with Gasteiger partial charge >= 0.3 is 0 Å². The number of rotatable bonds is 7. The van der Waals surface area contributed by atoms with Crippen LogP contribution in [0.25, 0.3) is 5.69 Å². The summed E-state index contributed by atoms with van der Waals surface area (Å²) in [6, 6.07) is 13.5. The van der Waals surface area contributed by atoms with Crippen molar-refractivity contribution in [1.29, 1.82) is 0 Å². The molecule has 2 aromatic carbocycles. The lowest BCUT2D eigenvalue weighted by molar-refractivity contribution is -0.384. The number of nitrogens with zero attached hydrogens (tertiary/aromatic N) is 3. The van der Waals surface area contributed by atoms with Gasteiger partial charge in [-0.1, -0.05) is 12.1 Å². The highest BCUT2D eigenvalue weighted by atomic mass is 16.6. The van der Waals surface area contributed by atoms with Crippen molar-refractivity contribution in [1.82, 2.24) is 9.78 Å². The predicted octanol–water partition coefficient (Wildman–Crippen LogP) is 3.05. The zero-order chi connectivity index (χ0) is 20.1. The molecule has 0 fully saturated rings. The van der Waals surface area contributed by atoms with Crippen molar-refractivity contribution >= 4 is 11.9 Å². The van der Waals surface area contributed by atoms with E-state index in [1.807, 2.05) is 24.3 Å². The van der Waals surface area contributed by atoms with E-state index in [2.05, 4.69) is 10.1 Å². The van der Waals surface area contributed by atoms with E-state index in [0.717, 1.165) is 17.7 Å². The van der Waals surface area contributed by atoms with Crippen LogP contribution in [0.15, 0.2) is 58.3 Å². The second-order valence-electron chi connectivity index (χ2n) is 6.20. The summed E-state index contributed by atoms with van der Waals surface area (Å²) in [5.41, 5.74) is 2.52. The Morgan fingerprint density at radius 2 is 1.86 bits per heavy atom. The molecule has 0 saturated heterocycles. The smallest absolute Gasteiger partial charge is 0.280 e. The summed E-state index contributed by atoms with van der Waals surface area (Å²) in [5.74, 6) is 0.807. The van der Waals surface area contributed by atoms with Crippen LogP contribution < -0.4 is 10.3 Å². The van der Waals surface area contributed by atoms with Gasteiger partial charge in [-0.2, -0.15) is 0 Å². The molecule has 1 aromatic heterocycles. The monoisotopic (exact) mass is 380 g/mol. The fourth-order valence-electron chi connectivity index (χ4n) is 2.76. The lowest BCUT2D eigenvalue weighted by Crippen LogP contribution is -2.17. The molecule has 144 valence electrons. The molecule has 0 aliphatic heterocycles. The molecule has 8 nitrogen and oxygen atoms in total. The number of hydrogen-bond acceptors (Lipinski definition) is 5. The van der Waals surface area contributed by atoms with Gasteiger partial charge in [0.25, 0.3) is 11.2 Å². The fraction of sp³-hybridized carbons (Fsp3) is 0.200. The number of aryl methyl sites for hydroxylation is 1. The molecule has 0 spiro atoms. The molecule has 28 heavy (non-hydrogen) atoms. The zero-order valence-corrected chi connectivity index (χ0v) is 15.6. The molecule has 0 aliphatic carbocycles. The number of H-pyrrole nitrogens is 1. The van der Waals surface area contributed by atoms with Gasteiger partial charge in [-0.15, -0.1) is 0 Å². The van der Waals surface area contributed by atoms with Gasteiger partial charge in [0.1, 0.15) is 5.75 Å². The Morgan fingerprint density at radius 1 is 1.18 bits per heavy atom. The molecule has 0 bridgehead atoms. The van der Waals surface area contributed by atoms with Crippen molar-refractivity contribution in [2.24, 2.45) is 4.99 Å². The van der Waals surface area contributed by atoms with Gasteiger partial charge in [-0.05, 0) is 43.2 Å². The standard InChI is InChI=1S/C20H20N4O4/c1-14-19(13-21-12-11-15-3-9-18(28-2)10-4-15)20(25)23(22-14)16-5-7-17(8-6-16)24(26)27/h3-10,13,22H,11-12H2,1-2H3. The van der Waals surface area contributed by atoms with Crippen LogP contribution in [0.1, 0.15) is 16.8 Å². The van der Waals surface area contributed by atoms with Crippen LogP contribution in [0.2, 0.25) is 0 Å². The van der Waals surface area contributed by atoms with Crippen molar-refractivity contribution in [2.45, 2.75) is 13.3 Å². The average Bonchev–Trinajstić information content (AvgIpc) is 2.99. The number of nitrogens with one attached hydrogen (secondary N) is 1. The van der Waals surface area contributed by atoms with Crippen molar-refractivity contribution in [3.8, 4) is 11.4 Å². The highest BCUT2D eigenvalue weighted by molar-refractivity contribution is 5.80. The first kappa shape index (κ1) is 19.1. The summed E-state index contributed by atoms with van der Waals surface area (Å²) < 4.78 is 6.48. The highest BCUT2D eigenvalue weighted by Gasteiger charge is 2.12. The zero-order valence-electron chi connectivity index (χ0n) is 15.6. The van der Waals surface area contributed by atoms with Gasteiger partial charge < -0.3 is 4.74 Å². The molecule has 0 amide bonds. The van der Waals surface area contributed by atoms with Crippen LogP contribution in [0, 0.1) is 17.0 Å². The largest absolute Gasteiger partial charge is 0.497 e. The Labute approximate surface area is 161 Å². The Bertz CT molecular complexity index is 1050. The lowest BCUT2D eigenvalue weighted by atomic mass is 10.1. The number of nitro benzene ring substituents is 1. The molecule has 1 heterocycles. The summed E-state index contributed by atoms with van der Waals surface area (Å²) >= 11 is 0. The molecule has 0 atom stereocenters. The first-order chi connectivity index (χ1) is 13.5. The van der Waals surface area contributed by atoms with E-state index < -0.39 is 4.92 Å².